The smallest absolute Gasteiger partial charge is 0.312 e. The van der Waals surface area contributed by atoms with E-state index >= 15 is 0 Å². The molecule has 0 saturated carbocycles. The molecule has 2 aliphatic rings. The third kappa shape index (κ3) is 5.92. The highest BCUT2D eigenvalue weighted by Crippen LogP contribution is 2.22. The fourth-order valence-corrected chi connectivity index (χ4v) is 7.31. The summed E-state index contributed by atoms with van der Waals surface area (Å²) in [5.74, 6) is -1.55. The predicted octanol–water partition coefficient (Wildman–Crippen LogP) is 0.618. The molecule has 10 heteroatoms. The molecule has 162 valence electrons. The van der Waals surface area contributed by atoms with Gasteiger partial charge in [0.2, 0.25) is 0 Å². The van der Waals surface area contributed by atoms with E-state index in [0.29, 0.717) is 38.8 Å². The van der Waals surface area contributed by atoms with Crippen LogP contribution < -0.4 is 0 Å². The van der Waals surface area contributed by atoms with Crippen molar-refractivity contribution in [3.63, 3.8) is 0 Å². The molecule has 0 bridgehead atoms. The summed E-state index contributed by atoms with van der Waals surface area (Å²) in [5.41, 5.74) is 0. The molecule has 2 atom stereocenters. The Hall–Kier alpha value is -1.16. The summed E-state index contributed by atoms with van der Waals surface area (Å²) in [6.45, 7) is 4.61. The third-order valence-electron chi connectivity index (χ3n) is 5.51. The molecule has 2 rings (SSSR count). The molecule has 2 amide bonds. The van der Waals surface area contributed by atoms with Gasteiger partial charge in [-0.1, -0.05) is 26.7 Å². The van der Waals surface area contributed by atoms with Crippen molar-refractivity contribution in [2.75, 3.05) is 36.1 Å². The first kappa shape index (κ1) is 23.1. The average Bonchev–Trinajstić information content (AvgIpc) is 3.16. The van der Waals surface area contributed by atoms with Crippen LogP contribution in [0, 0.1) is 0 Å². The van der Waals surface area contributed by atoms with Gasteiger partial charge in [0.25, 0.3) is 0 Å². The highest BCUT2D eigenvalue weighted by atomic mass is 32.2. The zero-order valence-corrected chi connectivity index (χ0v) is 18.4. The summed E-state index contributed by atoms with van der Waals surface area (Å²) < 4.78 is 47.5. The van der Waals surface area contributed by atoms with Crippen LogP contribution in [0.15, 0.2) is 0 Å². The van der Waals surface area contributed by atoms with Crippen LogP contribution in [0.3, 0.4) is 0 Å². The molecule has 0 aromatic rings. The minimum absolute atomic E-state index is 0.0299. The van der Waals surface area contributed by atoms with E-state index < -0.39 is 43.6 Å². The van der Waals surface area contributed by atoms with Crippen LogP contribution in [0.1, 0.15) is 52.4 Å². The van der Waals surface area contributed by atoms with Crippen molar-refractivity contribution < 1.29 is 26.4 Å². The molecular formula is C18H32N2O6S2. The minimum Gasteiger partial charge on any atom is -0.330 e. The van der Waals surface area contributed by atoms with Gasteiger partial charge in [0.1, 0.15) is 0 Å². The predicted molar refractivity (Wildman–Crippen MR) is 107 cm³/mol. The minimum atomic E-state index is -3.19. The second-order valence-electron chi connectivity index (χ2n) is 7.82. The standard InChI is InChI=1S/C18H32N2O6S2/c1-3-5-9-19(15-7-11-27(23,24)13-15)17(21)18(22)20(10-6-4-2)16-8-12-28(25,26)14-16/h15-16H,3-14H2,1-2H3/t15-,16-/m1/s1. The van der Waals surface area contributed by atoms with Gasteiger partial charge in [-0.3, -0.25) is 9.59 Å². The van der Waals surface area contributed by atoms with Crippen LogP contribution in [0.2, 0.25) is 0 Å². The molecule has 2 aliphatic heterocycles. The van der Waals surface area contributed by atoms with Gasteiger partial charge in [0.05, 0.1) is 23.0 Å². The lowest BCUT2D eigenvalue weighted by Crippen LogP contribution is -2.53. The molecule has 0 radical (unpaired) electrons. The number of rotatable bonds is 8. The lowest BCUT2D eigenvalue weighted by molar-refractivity contribution is -0.154. The van der Waals surface area contributed by atoms with Gasteiger partial charge in [-0.05, 0) is 25.7 Å². The Labute approximate surface area is 168 Å². The van der Waals surface area contributed by atoms with Gasteiger partial charge in [-0.25, -0.2) is 16.8 Å². The first-order valence-corrected chi connectivity index (χ1v) is 13.8. The second-order valence-corrected chi connectivity index (χ2v) is 12.3. The molecule has 2 saturated heterocycles. The monoisotopic (exact) mass is 436 g/mol. The Balaban J connectivity index is 2.20. The molecule has 8 nitrogen and oxygen atoms in total. The Morgan fingerprint density at radius 2 is 1.11 bits per heavy atom. The van der Waals surface area contributed by atoms with Crippen molar-refractivity contribution in [1.82, 2.24) is 9.80 Å². The number of hydrogen-bond acceptors (Lipinski definition) is 6. The number of sulfone groups is 2. The molecular weight excluding hydrogens is 404 g/mol. The molecule has 0 unspecified atom stereocenters. The summed E-state index contributed by atoms with van der Waals surface area (Å²) in [5, 5.41) is 0. The lowest BCUT2D eigenvalue weighted by Gasteiger charge is -2.33. The Bertz CT molecular complexity index is 712. The van der Waals surface area contributed by atoms with Gasteiger partial charge in [-0.15, -0.1) is 0 Å². The summed E-state index contributed by atoms with van der Waals surface area (Å²) >= 11 is 0. The number of carbonyl (C=O) groups is 2. The topological polar surface area (TPSA) is 109 Å². The van der Waals surface area contributed by atoms with Crippen LogP contribution in [-0.2, 0) is 29.3 Å². The fraction of sp³-hybridized carbons (Fsp3) is 0.889. The van der Waals surface area contributed by atoms with Crippen molar-refractivity contribution in [2.24, 2.45) is 0 Å². The van der Waals surface area contributed by atoms with Crippen molar-refractivity contribution >= 4 is 31.5 Å². The first-order chi connectivity index (χ1) is 13.1. The molecule has 2 fully saturated rings. The molecule has 0 aliphatic carbocycles. The number of carbonyl (C=O) groups excluding carboxylic acids is 2. The van der Waals surface area contributed by atoms with Crippen molar-refractivity contribution in [3.8, 4) is 0 Å². The van der Waals surface area contributed by atoms with Gasteiger partial charge in [0.15, 0.2) is 19.7 Å². The van der Waals surface area contributed by atoms with Crippen LogP contribution in [0.25, 0.3) is 0 Å². The van der Waals surface area contributed by atoms with E-state index in [9.17, 15) is 26.4 Å². The van der Waals surface area contributed by atoms with Gasteiger partial charge < -0.3 is 9.80 Å². The van der Waals surface area contributed by atoms with E-state index in [1.165, 1.54) is 9.80 Å². The number of unbranched alkanes of at least 4 members (excludes halogenated alkanes) is 2. The SMILES string of the molecule is CCCCN(C(=O)C(=O)N(CCCC)[C@@H]1CCS(=O)(=O)C1)[C@@H]1CCS(=O)(=O)C1. The van der Waals surface area contributed by atoms with E-state index in [-0.39, 0.29) is 23.0 Å². The van der Waals surface area contributed by atoms with E-state index in [0.717, 1.165) is 12.8 Å². The largest absolute Gasteiger partial charge is 0.330 e. The molecule has 28 heavy (non-hydrogen) atoms. The summed E-state index contributed by atoms with van der Waals surface area (Å²) in [6, 6.07) is -0.957. The molecule has 0 aromatic carbocycles. The van der Waals surface area contributed by atoms with E-state index in [2.05, 4.69) is 0 Å². The molecule has 0 aromatic heterocycles. The Morgan fingerprint density at radius 3 is 1.36 bits per heavy atom. The average molecular weight is 437 g/mol. The maximum Gasteiger partial charge on any atom is 0.312 e. The van der Waals surface area contributed by atoms with E-state index in [1.807, 2.05) is 13.8 Å². The fourth-order valence-electron chi connectivity index (χ4n) is 3.84. The summed E-state index contributed by atoms with van der Waals surface area (Å²) in [4.78, 5) is 29.0. The molecule has 0 N–H and O–H groups in total. The van der Waals surface area contributed by atoms with Crippen LogP contribution in [-0.4, -0.2) is 86.6 Å². The second kappa shape index (κ2) is 9.56. The Morgan fingerprint density at radius 1 is 0.750 bits per heavy atom. The highest BCUT2D eigenvalue weighted by molar-refractivity contribution is 7.91. The van der Waals surface area contributed by atoms with Crippen LogP contribution in [0.4, 0.5) is 0 Å². The normalized spacial score (nSPS) is 25.5. The zero-order valence-electron chi connectivity index (χ0n) is 16.8. The van der Waals surface area contributed by atoms with Crippen molar-refractivity contribution in [3.05, 3.63) is 0 Å². The summed E-state index contributed by atoms with van der Waals surface area (Å²) in [7, 11) is -6.38. The first-order valence-electron chi connectivity index (χ1n) is 10.1. The number of nitrogens with zero attached hydrogens (tertiary/aromatic N) is 2. The van der Waals surface area contributed by atoms with Crippen molar-refractivity contribution in [1.29, 1.82) is 0 Å². The van der Waals surface area contributed by atoms with Crippen LogP contribution >= 0.6 is 0 Å². The Kier molecular flexibility index (Phi) is 7.89. The van der Waals surface area contributed by atoms with Gasteiger partial charge in [-0.2, -0.15) is 0 Å². The maximum absolute atomic E-state index is 13.1. The van der Waals surface area contributed by atoms with Crippen LogP contribution in [0.5, 0.6) is 0 Å². The zero-order chi connectivity index (χ0) is 20.9. The lowest BCUT2D eigenvalue weighted by atomic mass is 10.1. The maximum atomic E-state index is 13.1. The van der Waals surface area contributed by atoms with Gasteiger partial charge >= 0.3 is 11.8 Å². The number of amides is 2. The molecule has 0 spiro atoms. The van der Waals surface area contributed by atoms with E-state index in [4.69, 9.17) is 0 Å². The quantitative estimate of drug-likeness (QED) is 0.516. The number of hydrogen-bond donors (Lipinski definition) is 0. The summed E-state index contributed by atoms with van der Waals surface area (Å²) in [6.07, 6.45) is 3.69. The van der Waals surface area contributed by atoms with Gasteiger partial charge in [0, 0.05) is 25.2 Å². The highest BCUT2D eigenvalue weighted by Gasteiger charge is 2.41. The van der Waals surface area contributed by atoms with E-state index in [1.54, 1.807) is 0 Å². The molecule has 2 heterocycles. The van der Waals surface area contributed by atoms with Crippen molar-refractivity contribution in [2.45, 2.75) is 64.5 Å². The third-order valence-corrected chi connectivity index (χ3v) is 9.01.